The van der Waals surface area contributed by atoms with Crippen LogP contribution in [0.1, 0.15) is 44.5 Å². The van der Waals surface area contributed by atoms with Crippen LogP contribution in [0.3, 0.4) is 0 Å². The minimum absolute atomic E-state index is 0.0787. The lowest BCUT2D eigenvalue weighted by atomic mass is 9.96. The van der Waals surface area contributed by atoms with Gasteiger partial charge in [0.05, 0.1) is 5.56 Å². The van der Waals surface area contributed by atoms with Gasteiger partial charge in [-0.25, -0.2) is 9.97 Å². The van der Waals surface area contributed by atoms with Gasteiger partial charge in [0.25, 0.3) is 0 Å². The summed E-state index contributed by atoms with van der Waals surface area (Å²) >= 11 is 0. The van der Waals surface area contributed by atoms with Gasteiger partial charge in [-0.1, -0.05) is 27.7 Å². The van der Waals surface area contributed by atoms with Crippen LogP contribution in [0.25, 0.3) is 0 Å². The molecule has 0 bridgehead atoms. The molecular formula is C13H21N3O. The van der Waals surface area contributed by atoms with E-state index in [-0.39, 0.29) is 11.2 Å². The predicted octanol–water partition coefficient (Wildman–Crippen LogP) is 2.55. The van der Waals surface area contributed by atoms with E-state index in [2.05, 4.69) is 30.7 Å². The first-order valence-electron chi connectivity index (χ1n) is 5.90. The number of rotatable bonds is 4. The largest absolute Gasteiger partial charge is 0.343 e. The van der Waals surface area contributed by atoms with Gasteiger partial charge in [0, 0.05) is 32.4 Å². The van der Waals surface area contributed by atoms with Gasteiger partial charge in [0.1, 0.15) is 0 Å². The number of anilines is 1. The zero-order chi connectivity index (χ0) is 13.1. The molecule has 0 aliphatic carbocycles. The molecule has 1 rings (SSSR count). The van der Waals surface area contributed by atoms with Gasteiger partial charge in [-0.2, -0.15) is 0 Å². The summed E-state index contributed by atoms with van der Waals surface area (Å²) in [4.78, 5) is 21.9. The van der Waals surface area contributed by atoms with E-state index in [4.69, 9.17) is 0 Å². The summed E-state index contributed by atoms with van der Waals surface area (Å²) in [6, 6.07) is 0. The summed E-state index contributed by atoms with van der Waals surface area (Å²) < 4.78 is 0. The highest BCUT2D eigenvalue weighted by Gasteiger charge is 2.15. The van der Waals surface area contributed by atoms with Gasteiger partial charge < -0.3 is 4.90 Å². The molecule has 0 N–H and O–H groups in total. The number of ketones is 1. The van der Waals surface area contributed by atoms with Gasteiger partial charge >= 0.3 is 0 Å². The standard InChI is InChI=1S/C13H21N3O/c1-6-11(17)10-7-14-12(15-8-10)16(5)9-13(2,3)4/h7-8H,6,9H2,1-5H3. The second-order valence-electron chi connectivity index (χ2n) is 5.47. The average Bonchev–Trinajstić information content (AvgIpc) is 2.26. The lowest BCUT2D eigenvalue weighted by Gasteiger charge is -2.26. The van der Waals surface area contributed by atoms with Crippen LogP contribution in [0.4, 0.5) is 5.95 Å². The zero-order valence-electron chi connectivity index (χ0n) is 11.3. The summed E-state index contributed by atoms with van der Waals surface area (Å²) in [7, 11) is 1.96. The number of Topliss-reactive ketones (excluding diaryl/α,β-unsaturated/α-hetero) is 1. The highest BCUT2D eigenvalue weighted by atomic mass is 16.1. The van der Waals surface area contributed by atoms with E-state index in [9.17, 15) is 4.79 Å². The van der Waals surface area contributed by atoms with Crippen LogP contribution in [-0.2, 0) is 0 Å². The Labute approximate surface area is 103 Å². The molecule has 0 unspecified atom stereocenters. The normalized spacial score (nSPS) is 11.4. The van der Waals surface area contributed by atoms with Crippen molar-refractivity contribution in [3.05, 3.63) is 18.0 Å². The molecular weight excluding hydrogens is 214 g/mol. The number of hydrogen-bond donors (Lipinski definition) is 0. The third-order valence-corrected chi connectivity index (χ3v) is 2.33. The van der Waals surface area contributed by atoms with E-state index in [0.717, 1.165) is 6.54 Å². The maximum atomic E-state index is 11.4. The number of aromatic nitrogens is 2. The molecule has 0 atom stereocenters. The molecule has 4 nitrogen and oxygen atoms in total. The van der Waals surface area contributed by atoms with E-state index < -0.39 is 0 Å². The molecule has 0 radical (unpaired) electrons. The molecule has 1 aromatic heterocycles. The minimum atomic E-state index is 0.0787. The lowest BCUT2D eigenvalue weighted by Crippen LogP contribution is -2.30. The first kappa shape index (κ1) is 13.6. The minimum Gasteiger partial charge on any atom is -0.343 e. The zero-order valence-corrected chi connectivity index (χ0v) is 11.3. The fourth-order valence-electron chi connectivity index (χ4n) is 1.65. The molecule has 0 amide bonds. The molecule has 0 aromatic carbocycles. The Hall–Kier alpha value is -1.45. The highest BCUT2D eigenvalue weighted by Crippen LogP contribution is 2.17. The van der Waals surface area contributed by atoms with Crippen LogP contribution in [-0.4, -0.2) is 29.3 Å². The Bertz CT molecular complexity index is 379. The summed E-state index contributed by atoms with van der Waals surface area (Å²) in [6.07, 6.45) is 3.70. The average molecular weight is 235 g/mol. The molecule has 0 saturated heterocycles. The second-order valence-corrected chi connectivity index (χ2v) is 5.47. The summed E-state index contributed by atoms with van der Waals surface area (Å²) in [5.74, 6) is 0.739. The molecule has 0 aliphatic heterocycles. The van der Waals surface area contributed by atoms with Gasteiger partial charge in [0.15, 0.2) is 5.78 Å². The lowest BCUT2D eigenvalue weighted by molar-refractivity contribution is 0.0987. The molecule has 17 heavy (non-hydrogen) atoms. The Balaban J connectivity index is 2.77. The SMILES string of the molecule is CCC(=O)c1cnc(N(C)CC(C)(C)C)nc1. The first-order valence-corrected chi connectivity index (χ1v) is 5.90. The smallest absolute Gasteiger partial charge is 0.225 e. The molecule has 0 spiro atoms. The monoisotopic (exact) mass is 235 g/mol. The Morgan fingerprint density at radius 3 is 2.24 bits per heavy atom. The number of hydrogen-bond acceptors (Lipinski definition) is 4. The van der Waals surface area contributed by atoms with Crippen molar-refractivity contribution in [3.8, 4) is 0 Å². The summed E-state index contributed by atoms with van der Waals surface area (Å²) in [6.45, 7) is 9.20. The van der Waals surface area contributed by atoms with Crippen molar-refractivity contribution in [2.75, 3.05) is 18.5 Å². The number of carbonyl (C=O) groups excluding carboxylic acids is 1. The van der Waals surface area contributed by atoms with Crippen LogP contribution in [0.15, 0.2) is 12.4 Å². The van der Waals surface area contributed by atoms with Crippen molar-refractivity contribution in [1.29, 1.82) is 0 Å². The first-order chi connectivity index (χ1) is 7.83. The van der Waals surface area contributed by atoms with Gasteiger partial charge in [-0.15, -0.1) is 0 Å². The number of carbonyl (C=O) groups is 1. The van der Waals surface area contributed by atoms with Crippen molar-refractivity contribution in [1.82, 2.24) is 9.97 Å². The van der Waals surface area contributed by atoms with E-state index >= 15 is 0 Å². The molecule has 94 valence electrons. The highest BCUT2D eigenvalue weighted by molar-refractivity contribution is 5.95. The van der Waals surface area contributed by atoms with Gasteiger partial charge in [-0.3, -0.25) is 4.79 Å². The van der Waals surface area contributed by atoms with Crippen molar-refractivity contribution >= 4 is 11.7 Å². The summed E-state index contributed by atoms with van der Waals surface area (Å²) in [5, 5.41) is 0. The Morgan fingerprint density at radius 1 is 1.29 bits per heavy atom. The van der Waals surface area contributed by atoms with Crippen LogP contribution in [0.2, 0.25) is 0 Å². The van der Waals surface area contributed by atoms with Gasteiger partial charge in [0.2, 0.25) is 5.95 Å². The molecule has 1 heterocycles. The molecule has 1 aromatic rings. The molecule has 0 saturated carbocycles. The fourth-order valence-corrected chi connectivity index (χ4v) is 1.65. The molecule has 0 fully saturated rings. The van der Waals surface area contributed by atoms with E-state index in [1.807, 2.05) is 18.9 Å². The van der Waals surface area contributed by atoms with Crippen molar-refractivity contribution in [2.45, 2.75) is 34.1 Å². The van der Waals surface area contributed by atoms with E-state index in [1.54, 1.807) is 12.4 Å². The summed E-state index contributed by atoms with van der Waals surface area (Å²) in [5.41, 5.74) is 0.774. The van der Waals surface area contributed by atoms with Crippen LogP contribution in [0, 0.1) is 5.41 Å². The van der Waals surface area contributed by atoms with Gasteiger partial charge in [-0.05, 0) is 5.41 Å². The van der Waals surface area contributed by atoms with E-state index in [0.29, 0.717) is 17.9 Å². The fraction of sp³-hybridized carbons (Fsp3) is 0.615. The Kier molecular flexibility index (Phi) is 4.21. The predicted molar refractivity (Wildman–Crippen MR) is 69.4 cm³/mol. The quantitative estimate of drug-likeness (QED) is 0.752. The van der Waals surface area contributed by atoms with E-state index in [1.165, 1.54) is 0 Å². The Morgan fingerprint density at radius 2 is 1.82 bits per heavy atom. The molecule has 0 aliphatic rings. The molecule has 4 heteroatoms. The topological polar surface area (TPSA) is 46.1 Å². The van der Waals surface area contributed by atoms with Crippen molar-refractivity contribution in [2.24, 2.45) is 5.41 Å². The van der Waals surface area contributed by atoms with Crippen LogP contribution < -0.4 is 4.90 Å². The number of nitrogens with zero attached hydrogens (tertiary/aromatic N) is 3. The second kappa shape index (κ2) is 5.25. The third-order valence-electron chi connectivity index (χ3n) is 2.33. The van der Waals surface area contributed by atoms with Crippen LogP contribution >= 0.6 is 0 Å². The maximum Gasteiger partial charge on any atom is 0.225 e. The van der Waals surface area contributed by atoms with Crippen molar-refractivity contribution in [3.63, 3.8) is 0 Å². The van der Waals surface area contributed by atoms with Crippen molar-refractivity contribution < 1.29 is 4.79 Å². The maximum absolute atomic E-state index is 11.4. The third kappa shape index (κ3) is 4.13. The van der Waals surface area contributed by atoms with Crippen LogP contribution in [0.5, 0.6) is 0 Å².